The molecule has 27 heavy (non-hydrogen) atoms. The molecule has 0 fully saturated rings. The largest absolute Gasteiger partial charge is 0.350 e. The van der Waals surface area contributed by atoms with Crippen molar-refractivity contribution < 1.29 is 4.79 Å². The number of carbonyl (C=O) groups is 1. The second-order valence-electron chi connectivity index (χ2n) is 7.43. The fourth-order valence-electron chi connectivity index (χ4n) is 3.14. The number of amides is 1. The number of aromatic nitrogens is 1. The summed E-state index contributed by atoms with van der Waals surface area (Å²) in [5, 5.41) is 2.94. The maximum absolute atomic E-state index is 11.8. The first-order valence-electron chi connectivity index (χ1n) is 11.1. The number of nitrogens with zero attached hydrogens (tertiary/aromatic N) is 1. The van der Waals surface area contributed by atoms with Gasteiger partial charge in [0.1, 0.15) is 0 Å². The molecule has 1 amide bonds. The van der Waals surface area contributed by atoms with Gasteiger partial charge in [-0.25, -0.2) is 0 Å². The van der Waals surface area contributed by atoms with Gasteiger partial charge in [0.15, 0.2) is 0 Å². The van der Waals surface area contributed by atoms with E-state index in [9.17, 15) is 4.79 Å². The number of hydrogen-bond donors (Lipinski definition) is 1. The summed E-state index contributed by atoms with van der Waals surface area (Å²) in [6.45, 7) is 2.80. The fraction of sp³-hybridized carbons (Fsp3) is 0.667. The van der Waals surface area contributed by atoms with Gasteiger partial charge in [-0.3, -0.25) is 9.78 Å². The van der Waals surface area contributed by atoms with E-state index in [2.05, 4.69) is 29.4 Å². The molecule has 0 radical (unpaired) electrons. The van der Waals surface area contributed by atoms with Gasteiger partial charge >= 0.3 is 0 Å². The second kappa shape index (κ2) is 17.8. The number of unbranched alkanes of at least 4 members (excludes halogenated alkanes) is 11. The molecule has 0 saturated heterocycles. The molecule has 0 bridgehead atoms. The van der Waals surface area contributed by atoms with Crippen molar-refractivity contribution in [2.45, 2.75) is 103 Å². The number of nitrogens with one attached hydrogen (secondary N) is 1. The number of rotatable bonds is 17. The van der Waals surface area contributed by atoms with Gasteiger partial charge in [-0.1, -0.05) is 76.5 Å². The molecule has 0 aliphatic heterocycles. The minimum atomic E-state index is 0.137. The van der Waals surface area contributed by atoms with Crippen molar-refractivity contribution in [1.82, 2.24) is 10.3 Å². The number of carbonyl (C=O) groups excluding carboxylic acids is 1. The molecule has 1 aromatic heterocycles. The predicted molar refractivity (Wildman–Crippen MR) is 116 cm³/mol. The van der Waals surface area contributed by atoms with Gasteiger partial charge in [-0.05, 0) is 44.2 Å². The van der Waals surface area contributed by atoms with Crippen LogP contribution < -0.4 is 5.32 Å². The average molecular weight is 373 g/mol. The summed E-state index contributed by atoms with van der Waals surface area (Å²) in [5.41, 5.74) is 0.912. The van der Waals surface area contributed by atoms with E-state index < -0.39 is 0 Å². The molecule has 0 aromatic carbocycles. The number of pyridine rings is 1. The van der Waals surface area contributed by atoms with Crippen LogP contribution in [0.15, 0.2) is 36.5 Å². The molecule has 0 unspecified atom stereocenters. The molecule has 1 N–H and O–H groups in total. The molecule has 0 saturated carbocycles. The highest BCUT2D eigenvalue weighted by Gasteiger charge is 2.01. The molecule has 152 valence electrons. The SMILES string of the molecule is CCCCCCCC/C=C/CCCCCCCC(=O)NCc1ccccn1. The van der Waals surface area contributed by atoms with Crippen molar-refractivity contribution in [2.24, 2.45) is 0 Å². The lowest BCUT2D eigenvalue weighted by Crippen LogP contribution is -2.22. The average Bonchev–Trinajstić information content (AvgIpc) is 2.70. The van der Waals surface area contributed by atoms with E-state index in [0.717, 1.165) is 18.5 Å². The van der Waals surface area contributed by atoms with Crippen LogP contribution in [0.5, 0.6) is 0 Å². The number of allylic oxidation sites excluding steroid dienone is 2. The summed E-state index contributed by atoms with van der Waals surface area (Å²) in [4.78, 5) is 16.0. The Morgan fingerprint density at radius 1 is 0.889 bits per heavy atom. The molecule has 1 rings (SSSR count). The minimum Gasteiger partial charge on any atom is -0.350 e. The molecule has 0 aliphatic rings. The Bertz CT molecular complexity index is 484. The Hall–Kier alpha value is -1.64. The van der Waals surface area contributed by atoms with Crippen molar-refractivity contribution in [2.75, 3.05) is 0 Å². The smallest absolute Gasteiger partial charge is 0.220 e. The topological polar surface area (TPSA) is 42.0 Å². The second-order valence-corrected chi connectivity index (χ2v) is 7.43. The highest BCUT2D eigenvalue weighted by molar-refractivity contribution is 5.75. The maximum atomic E-state index is 11.8. The van der Waals surface area contributed by atoms with Crippen LogP contribution in [-0.2, 0) is 11.3 Å². The Labute approximate surface area is 167 Å². The van der Waals surface area contributed by atoms with Crippen molar-refractivity contribution >= 4 is 5.91 Å². The molecule has 3 heteroatoms. The highest BCUT2D eigenvalue weighted by Crippen LogP contribution is 2.10. The Morgan fingerprint density at radius 2 is 1.52 bits per heavy atom. The van der Waals surface area contributed by atoms with E-state index in [0.29, 0.717) is 13.0 Å². The van der Waals surface area contributed by atoms with E-state index in [1.165, 1.54) is 70.6 Å². The quantitative estimate of drug-likeness (QED) is 0.243. The van der Waals surface area contributed by atoms with Crippen molar-refractivity contribution in [3.05, 3.63) is 42.2 Å². The Kier molecular flexibility index (Phi) is 15.4. The van der Waals surface area contributed by atoms with Crippen molar-refractivity contribution in [1.29, 1.82) is 0 Å². The first-order valence-corrected chi connectivity index (χ1v) is 11.1. The monoisotopic (exact) mass is 372 g/mol. The fourth-order valence-corrected chi connectivity index (χ4v) is 3.14. The first-order chi connectivity index (χ1) is 13.3. The highest BCUT2D eigenvalue weighted by atomic mass is 16.1. The van der Waals surface area contributed by atoms with Crippen LogP contribution >= 0.6 is 0 Å². The molecular weight excluding hydrogens is 332 g/mol. The Morgan fingerprint density at radius 3 is 2.15 bits per heavy atom. The lowest BCUT2D eigenvalue weighted by atomic mass is 10.1. The van der Waals surface area contributed by atoms with E-state index in [4.69, 9.17) is 0 Å². The zero-order chi connectivity index (χ0) is 19.4. The Balaban J connectivity index is 1.82. The molecule has 1 aromatic rings. The summed E-state index contributed by atoms with van der Waals surface area (Å²) in [6.07, 6.45) is 23.8. The van der Waals surface area contributed by atoms with Crippen LogP contribution in [0, 0.1) is 0 Å². The van der Waals surface area contributed by atoms with Crippen LogP contribution in [0.3, 0.4) is 0 Å². The molecule has 0 spiro atoms. The minimum absolute atomic E-state index is 0.137. The van der Waals surface area contributed by atoms with E-state index in [-0.39, 0.29) is 5.91 Å². The predicted octanol–water partition coefficient (Wildman–Crippen LogP) is 6.74. The molecule has 0 atom stereocenters. The van der Waals surface area contributed by atoms with Crippen LogP contribution in [0.1, 0.15) is 103 Å². The summed E-state index contributed by atoms with van der Waals surface area (Å²) < 4.78 is 0. The van der Waals surface area contributed by atoms with Crippen LogP contribution in [0.25, 0.3) is 0 Å². The zero-order valence-electron chi connectivity index (χ0n) is 17.4. The normalized spacial score (nSPS) is 11.1. The van der Waals surface area contributed by atoms with Crippen LogP contribution in [-0.4, -0.2) is 10.9 Å². The maximum Gasteiger partial charge on any atom is 0.220 e. The van der Waals surface area contributed by atoms with Gasteiger partial charge in [0.25, 0.3) is 0 Å². The lowest BCUT2D eigenvalue weighted by Gasteiger charge is -2.04. The summed E-state index contributed by atoms with van der Waals surface area (Å²) >= 11 is 0. The third-order valence-electron chi connectivity index (χ3n) is 4.86. The van der Waals surface area contributed by atoms with Gasteiger partial charge in [-0.15, -0.1) is 0 Å². The van der Waals surface area contributed by atoms with Gasteiger partial charge in [0.2, 0.25) is 5.91 Å². The van der Waals surface area contributed by atoms with Gasteiger partial charge < -0.3 is 5.32 Å². The standard InChI is InChI=1S/C24H40N2O/c1-2-3-4-5-6-7-8-9-10-11-12-13-14-15-16-20-24(27)26-22-23-19-17-18-21-25-23/h9-10,17-19,21H,2-8,11-16,20,22H2,1H3,(H,26,27)/b10-9+. The molecular formula is C24H40N2O. The van der Waals surface area contributed by atoms with Crippen LogP contribution in [0.4, 0.5) is 0 Å². The van der Waals surface area contributed by atoms with Gasteiger partial charge in [0, 0.05) is 12.6 Å². The third-order valence-corrected chi connectivity index (χ3v) is 4.86. The molecule has 1 heterocycles. The number of hydrogen-bond acceptors (Lipinski definition) is 2. The summed E-state index contributed by atoms with van der Waals surface area (Å²) in [7, 11) is 0. The van der Waals surface area contributed by atoms with Crippen molar-refractivity contribution in [3.63, 3.8) is 0 Å². The molecule has 3 nitrogen and oxygen atoms in total. The third kappa shape index (κ3) is 15.1. The van der Waals surface area contributed by atoms with Crippen LogP contribution in [0.2, 0.25) is 0 Å². The van der Waals surface area contributed by atoms with E-state index >= 15 is 0 Å². The van der Waals surface area contributed by atoms with Gasteiger partial charge in [0.05, 0.1) is 12.2 Å². The van der Waals surface area contributed by atoms with Crippen molar-refractivity contribution in [3.8, 4) is 0 Å². The lowest BCUT2D eigenvalue weighted by molar-refractivity contribution is -0.121. The van der Waals surface area contributed by atoms with Gasteiger partial charge in [-0.2, -0.15) is 0 Å². The van der Waals surface area contributed by atoms with E-state index in [1.54, 1.807) is 6.20 Å². The first kappa shape index (κ1) is 23.4. The molecule has 0 aliphatic carbocycles. The summed E-state index contributed by atoms with van der Waals surface area (Å²) in [6, 6.07) is 5.76. The van der Waals surface area contributed by atoms with E-state index in [1.807, 2.05) is 18.2 Å². The summed E-state index contributed by atoms with van der Waals surface area (Å²) in [5.74, 6) is 0.137. The zero-order valence-corrected chi connectivity index (χ0v) is 17.4.